The summed E-state index contributed by atoms with van der Waals surface area (Å²) in [5, 5.41) is 0. The average molecular weight is 314 g/mol. The number of halogens is 2. The molecule has 2 N–H and O–H groups in total. The number of amides is 1. The molecule has 1 amide bonds. The minimum Gasteiger partial charge on any atom is -0.444 e. The van der Waals surface area contributed by atoms with Crippen LogP contribution in [0.25, 0.3) is 0 Å². The first-order valence-electron chi connectivity index (χ1n) is 7.02. The highest BCUT2D eigenvalue weighted by Gasteiger charge is 2.27. The highest BCUT2D eigenvalue weighted by Crippen LogP contribution is 2.22. The Balaban J connectivity index is 2.01. The van der Waals surface area contributed by atoms with Crippen LogP contribution in [0.2, 0.25) is 0 Å². The number of carbonyl (C=O) groups excluding carboxylic acids is 1. The Hall–Kier alpha value is -2.12. The second kappa shape index (κ2) is 5.94. The van der Waals surface area contributed by atoms with Crippen LogP contribution in [0.4, 0.5) is 25.2 Å². The maximum Gasteiger partial charge on any atom is 0.410 e. The van der Waals surface area contributed by atoms with Gasteiger partial charge in [-0.2, -0.15) is 0 Å². The molecule has 122 valence electrons. The van der Waals surface area contributed by atoms with Crippen LogP contribution < -0.4 is 10.6 Å². The van der Waals surface area contributed by atoms with E-state index >= 15 is 0 Å². The molecule has 1 aliphatic heterocycles. The molecule has 8 heteroatoms. The van der Waals surface area contributed by atoms with Crippen molar-refractivity contribution in [2.45, 2.75) is 26.4 Å². The minimum atomic E-state index is -0.881. The fraction of sp³-hybridized carbons (Fsp3) is 0.571. The largest absolute Gasteiger partial charge is 0.444 e. The van der Waals surface area contributed by atoms with E-state index in [1.54, 1.807) is 30.6 Å². The number of piperazine rings is 1. The topological polar surface area (TPSA) is 71.7 Å². The van der Waals surface area contributed by atoms with Crippen molar-refractivity contribution >= 4 is 17.7 Å². The van der Waals surface area contributed by atoms with E-state index in [1.165, 1.54) is 0 Å². The minimum absolute atomic E-state index is 0.00254. The third-order valence-corrected chi connectivity index (χ3v) is 3.17. The number of hydrogen-bond donors (Lipinski definition) is 1. The van der Waals surface area contributed by atoms with E-state index in [4.69, 9.17) is 10.5 Å². The summed E-state index contributed by atoms with van der Waals surface area (Å²) in [6.45, 7) is 6.86. The second-order valence-electron chi connectivity index (χ2n) is 6.12. The smallest absolute Gasteiger partial charge is 0.410 e. The Labute approximate surface area is 127 Å². The Morgan fingerprint density at radius 1 is 1.23 bits per heavy atom. The van der Waals surface area contributed by atoms with Gasteiger partial charge in [-0.1, -0.05) is 0 Å². The molecule has 0 spiro atoms. The maximum absolute atomic E-state index is 13.8. The van der Waals surface area contributed by atoms with E-state index in [2.05, 4.69) is 4.98 Å². The predicted octanol–water partition coefficient (Wildman–Crippen LogP) is 2.00. The van der Waals surface area contributed by atoms with Gasteiger partial charge in [-0.05, 0) is 20.8 Å². The van der Waals surface area contributed by atoms with Gasteiger partial charge in [0.25, 0.3) is 0 Å². The van der Waals surface area contributed by atoms with Crippen LogP contribution in [0.3, 0.4) is 0 Å². The fourth-order valence-electron chi connectivity index (χ4n) is 2.12. The predicted molar refractivity (Wildman–Crippen MR) is 78.6 cm³/mol. The summed E-state index contributed by atoms with van der Waals surface area (Å²) in [7, 11) is 0. The third-order valence-electron chi connectivity index (χ3n) is 3.17. The highest BCUT2D eigenvalue weighted by atomic mass is 19.1. The summed E-state index contributed by atoms with van der Waals surface area (Å²) < 4.78 is 32.2. The summed E-state index contributed by atoms with van der Waals surface area (Å²) in [5.41, 5.74) is 4.81. The summed E-state index contributed by atoms with van der Waals surface area (Å²) >= 11 is 0. The van der Waals surface area contributed by atoms with Gasteiger partial charge in [-0.15, -0.1) is 0 Å². The lowest BCUT2D eigenvalue weighted by atomic mass is 10.2. The highest BCUT2D eigenvalue weighted by molar-refractivity contribution is 5.68. The molecule has 22 heavy (non-hydrogen) atoms. The van der Waals surface area contributed by atoms with Gasteiger partial charge in [0.05, 0.1) is 0 Å². The van der Waals surface area contributed by atoms with Crippen LogP contribution in [-0.2, 0) is 4.74 Å². The number of nitrogens with two attached hydrogens (primary N) is 1. The van der Waals surface area contributed by atoms with E-state index in [-0.39, 0.29) is 11.6 Å². The summed E-state index contributed by atoms with van der Waals surface area (Å²) in [6, 6.07) is 0.720. The van der Waals surface area contributed by atoms with Gasteiger partial charge < -0.3 is 20.3 Å². The number of anilines is 2. The van der Waals surface area contributed by atoms with Gasteiger partial charge in [-0.3, -0.25) is 0 Å². The first-order valence-corrected chi connectivity index (χ1v) is 7.02. The van der Waals surface area contributed by atoms with E-state index < -0.39 is 23.3 Å². The summed E-state index contributed by atoms with van der Waals surface area (Å²) in [6.07, 6.45) is -0.404. The molecule has 0 saturated carbocycles. The molecular weight excluding hydrogens is 294 g/mol. The van der Waals surface area contributed by atoms with Crippen molar-refractivity contribution in [1.29, 1.82) is 0 Å². The van der Waals surface area contributed by atoms with Crippen molar-refractivity contribution < 1.29 is 18.3 Å². The van der Waals surface area contributed by atoms with Crippen LogP contribution in [0.5, 0.6) is 0 Å². The number of nitrogens with zero attached hydrogens (tertiary/aromatic N) is 3. The first-order chi connectivity index (χ1) is 10.2. The Morgan fingerprint density at radius 3 is 2.36 bits per heavy atom. The monoisotopic (exact) mass is 314 g/mol. The Bertz CT molecular complexity index is 567. The van der Waals surface area contributed by atoms with Crippen molar-refractivity contribution in [2.24, 2.45) is 0 Å². The number of nitrogen functional groups attached to an aromatic ring is 1. The van der Waals surface area contributed by atoms with Crippen molar-refractivity contribution in [3.05, 3.63) is 17.7 Å². The van der Waals surface area contributed by atoms with Crippen LogP contribution >= 0.6 is 0 Å². The number of rotatable bonds is 1. The second-order valence-corrected chi connectivity index (χ2v) is 6.12. The number of pyridine rings is 1. The van der Waals surface area contributed by atoms with Crippen LogP contribution in [-0.4, -0.2) is 47.8 Å². The zero-order chi connectivity index (χ0) is 16.5. The molecule has 2 rings (SSSR count). The third kappa shape index (κ3) is 3.75. The van der Waals surface area contributed by atoms with Crippen LogP contribution in [0.1, 0.15) is 20.8 Å². The van der Waals surface area contributed by atoms with Crippen molar-refractivity contribution in [3.63, 3.8) is 0 Å². The number of aromatic nitrogens is 1. The molecule has 2 heterocycles. The zero-order valence-electron chi connectivity index (χ0n) is 12.9. The fourth-order valence-corrected chi connectivity index (χ4v) is 2.12. The number of hydrogen-bond acceptors (Lipinski definition) is 5. The van der Waals surface area contributed by atoms with Gasteiger partial charge in [0, 0.05) is 32.2 Å². The van der Waals surface area contributed by atoms with Crippen molar-refractivity contribution in [3.8, 4) is 0 Å². The molecule has 0 unspecified atom stereocenters. The van der Waals surface area contributed by atoms with E-state index in [1.807, 2.05) is 0 Å². The van der Waals surface area contributed by atoms with Crippen molar-refractivity contribution in [1.82, 2.24) is 9.88 Å². The van der Waals surface area contributed by atoms with Gasteiger partial charge in [-0.25, -0.2) is 18.6 Å². The van der Waals surface area contributed by atoms with Gasteiger partial charge in [0.1, 0.15) is 5.60 Å². The van der Waals surface area contributed by atoms with E-state index in [0.717, 1.165) is 6.07 Å². The quantitative estimate of drug-likeness (QED) is 0.858. The summed E-state index contributed by atoms with van der Waals surface area (Å²) in [5.74, 6) is -1.99. The average Bonchev–Trinajstić information content (AvgIpc) is 2.41. The van der Waals surface area contributed by atoms with Gasteiger partial charge in [0.2, 0.25) is 0 Å². The standard InChI is InChI=1S/C14H20F2N4O2/c1-14(2,3)22-13(21)20-6-4-19(5-7-20)12-10(16)8-9(15)11(17)18-12/h8H,4-7H2,1-3H3,(H2,17,18). The van der Waals surface area contributed by atoms with E-state index in [0.29, 0.717) is 26.2 Å². The van der Waals surface area contributed by atoms with Gasteiger partial charge >= 0.3 is 6.09 Å². The Kier molecular flexibility index (Phi) is 4.39. The van der Waals surface area contributed by atoms with Crippen LogP contribution in [0.15, 0.2) is 6.07 Å². The van der Waals surface area contributed by atoms with Crippen molar-refractivity contribution in [2.75, 3.05) is 36.8 Å². The van der Waals surface area contributed by atoms with E-state index in [9.17, 15) is 13.6 Å². The lowest BCUT2D eigenvalue weighted by Crippen LogP contribution is -2.50. The molecule has 6 nitrogen and oxygen atoms in total. The molecule has 1 aliphatic rings. The molecule has 0 atom stereocenters. The molecular formula is C14H20F2N4O2. The number of carbonyl (C=O) groups is 1. The number of ether oxygens (including phenoxy) is 1. The van der Waals surface area contributed by atoms with Crippen LogP contribution in [0, 0.1) is 11.6 Å². The molecule has 1 aromatic rings. The summed E-state index contributed by atoms with van der Waals surface area (Å²) in [4.78, 5) is 18.9. The Morgan fingerprint density at radius 2 is 1.82 bits per heavy atom. The SMILES string of the molecule is CC(C)(C)OC(=O)N1CCN(c2nc(N)c(F)cc2F)CC1. The molecule has 1 aromatic heterocycles. The lowest BCUT2D eigenvalue weighted by Gasteiger charge is -2.36. The zero-order valence-corrected chi connectivity index (χ0v) is 12.9. The first kappa shape index (κ1) is 16.3. The molecule has 1 fully saturated rings. The maximum atomic E-state index is 13.8. The molecule has 0 aliphatic carbocycles. The molecule has 0 aromatic carbocycles. The lowest BCUT2D eigenvalue weighted by molar-refractivity contribution is 0.0240. The molecule has 0 radical (unpaired) electrons. The molecule has 1 saturated heterocycles. The normalized spacial score (nSPS) is 15.9. The molecule has 0 bridgehead atoms. The van der Waals surface area contributed by atoms with Gasteiger partial charge in [0.15, 0.2) is 23.3 Å².